The van der Waals surface area contributed by atoms with Crippen molar-refractivity contribution in [2.45, 2.75) is 90.2 Å². The molecule has 0 aromatic heterocycles. The summed E-state index contributed by atoms with van der Waals surface area (Å²) in [7, 11) is 0. The van der Waals surface area contributed by atoms with E-state index < -0.39 is 5.60 Å². The van der Waals surface area contributed by atoms with E-state index in [0.29, 0.717) is 12.0 Å². The molecule has 0 N–H and O–H groups in total. The third kappa shape index (κ3) is 4.81. The predicted octanol–water partition coefficient (Wildman–Crippen LogP) is 5.68. The molecule has 1 saturated carbocycles. The van der Waals surface area contributed by atoms with Crippen LogP contribution in [-0.4, -0.2) is 71.1 Å². The van der Waals surface area contributed by atoms with Crippen LogP contribution in [0.5, 0.6) is 0 Å². The quantitative estimate of drug-likeness (QED) is 0.542. The molecule has 3 saturated heterocycles. The molecule has 0 bridgehead atoms. The third-order valence-electron chi connectivity index (χ3n) is 9.27. The van der Waals surface area contributed by atoms with Crippen molar-refractivity contribution >= 4 is 12.0 Å². The summed E-state index contributed by atoms with van der Waals surface area (Å²) in [5.41, 5.74) is 3.65. The van der Waals surface area contributed by atoms with Gasteiger partial charge in [-0.15, -0.1) is 0 Å². The molecule has 196 valence electrons. The number of benzene rings is 1. The molecular weight excluding hydrogens is 450 g/mol. The van der Waals surface area contributed by atoms with Crippen LogP contribution in [0.2, 0.25) is 0 Å². The summed E-state index contributed by atoms with van der Waals surface area (Å²) in [5, 5.41) is 0. The molecule has 0 atom stereocenters. The fourth-order valence-corrected chi connectivity index (χ4v) is 7.19. The minimum Gasteiger partial charge on any atom is -0.436 e. The number of amides is 2. The largest absolute Gasteiger partial charge is 0.436 e. The van der Waals surface area contributed by atoms with Crippen molar-refractivity contribution in [3.05, 3.63) is 46.7 Å². The lowest BCUT2D eigenvalue weighted by atomic mass is 9.85. The zero-order valence-electron chi connectivity index (χ0n) is 22.4. The van der Waals surface area contributed by atoms with Crippen LogP contribution in [0.25, 0.3) is 0 Å². The lowest BCUT2D eigenvalue weighted by Gasteiger charge is -2.44. The van der Waals surface area contributed by atoms with Crippen LogP contribution in [-0.2, 0) is 4.74 Å². The van der Waals surface area contributed by atoms with Gasteiger partial charge in [-0.05, 0) is 63.5 Å². The number of aryl methyl sites for hydroxylation is 2. The topological polar surface area (TPSA) is 53.1 Å². The van der Waals surface area contributed by atoms with Gasteiger partial charge in [-0.2, -0.15) is 0 Å². The minimum absolute atomic E-state index is 0.138. The highest BCUT2D eigenvalue weighted by Gasteiger charge is 2.51. The standard InChI is InChI=1S/C30H43N3O3/c1-4-26-30(36-29(35)33(26)21-24-11-6-5-7-12-24)15-19-31(20-16-30)25-13-17-32(18-14-25)28(34)27-22(2)9-8-10-23(27)3/h4,8-10,24-25H,5-7,11-21H2,1-3H3/b26-4-. The molecule has 4 aliphatic rings. The highest BCUT2D eigenvalue weighted by Crippen LogP contribution is 2.43. The third-order valence-corrected chi connectivity index (χ3v) is 9.27. The lowest BCUT2D eigenvalue weighted by Crippen LogP contribution is -2.52. The summed E-state index contributed by atoms with van der Waals surface area (Å²) in [6.07, 6.45) is 12.1. The van der Waals surface area contributed by atoms with Gasteiger partial charge in [-0.1, -0.05) is 43.5 Å². The predicted molar refractivity (Wildman–Crippen MR) is 142 cm³/mol. The monoisotopic (exact) mass is 493 g/mol. The second-order valence-electron chi connectivity index (χ2n) is 11.5. The Kier molecular flexibility index (Phi) is 7.43. The molecular formula is C30H43N3O3. The second-order valence-corrected chi connectivity index (χ2v) is 11.5. The van der Waals surface area contributed by atoms with Crippen molar-refractivity contribution in [2.75, 3.05) is 32.7 Å². The Hall–Kier alpha value is -2.34. The van der Waals surface area contributed by atoms with Gasteiger partial charge in [0.1, 0.15) is 0 Å². The van der Waals surface area contributed by atoms with E-state index in [1.54, 1.807) is 0 Å². The van der Waals surface area contributed by atoms with Crippen molar-refractivity contribution in [3.63, 3.8) is 0 Å². The normalized spacial score (nSPS) is 25.1. The number of nitrogens with zero attached hydrogens (tertiary/aromatic N) is 3. The van der Waals surface area contributed by atoms with E-state index in [4.69, 9.17) is 4.74 Å². The zero-order chi connectivity index (χ0) is 25.3. The van der Waals surface area contributed by atoms with Gasteiger partial charge in [0, 0.05) is 57.2 Å². The Morgan fingerprint density at radius 1 is 1.00 bits per heavy atom. The number of likely N-dealkylation sites (tertiary alicyclic amines) is 2. The molecule has 3 aliphatic heterocycles. The first-order valence-electron chi connectivity index (χ1n) is 14.2. The molecule has 2 amide bonds. The Bertz CT molecular complexity index is 976. The smallest absolute Gasteiger partial charge is 0.415 e. The maximum Gasteiger partial charge on any atom is 0.415 e. The lowest BCUT2D eigenvalue weighted by molar-refractivity contribution is -0.00569. The molecule has 1 aliphatic carbocycles. The molecule has 1 spiro atoms. The Morgan fingerprint density at radius 2 is 1.64 bits per heavy atom. The van der Waals surface area contributed by atoms with Gasteiger partial charge in [-0.25, -0.2) is 4.79 Å². The second kappa shape index (κ2) is 10.6. The Labute approximate surface area is 216 Å². The van der Waals surface area contributed by atoms with E-state index in [9.17, 15) is 9.59 Å². The molecule has 36 heavy (non-hydrogen) atoms. The maximum absolute atomic E-state index is 13.2. The molecule has 6 heteroatoms. The van der Waals surface area contributed by atoms with Gasteiger partial charge in [-0.3, -0.25) is 14.6 Å². The fraction of sp³-hybridized carbons (Fsp3) is 0.667. The first-order chi connectivity index (χ1) is 17.4. The fourth-order valence-electron chi connectivity index (χ4n) is 7.19. The number of piperidine rings is 2. The van der Waals surface area contributed by atoms with Gasteiger partial charge in [0.05, 0.1) is 5.70 Å². The number of hydrogen-bond acceptors (Lipinski definition) is 4. The summed E-state index contributed by atoms with van der Waals surface area (Å²) in [6, 6.07) is 6.57. The first-order valence-corrected chi connectivity index (χ1v) is 14.2. The maximum atomic E-state index is 13.2. The number of carbonyl (C=O) groups excluding carboxylic acids is 2. The highest BCUT2D eigenvalue weighted by atomic mass is 16.6. The van der Waals surface area contributed by atoms with E-state index in [-0.39, 0.29) is 12.0 Å². The molecule has 5 rings (SSSR count). The summed E-state index contributed by atoms with van der Waals surface area (Å²) < 4.78 is 6.14. The number of ether oxygens (including phenoxy) is 1. The van der Waals surface area contributed by atoms with Crippen LogP contribution in [0.1, 0.15) is 86.2 Å². The minimum atomic E-state index is -0.448. The van der Waals surface area contributed by atoms with Crippen molar-refractivity contribution in [1.29, 1.82) is 0 Å². The zero-order valence-corrected chi connectivity index (χ0v) is 22.4. The van der Waals surface area contributed by atoms with Crippen molar-refractivity contribution in [2.24, 2.45) is 5.92 Å². The van der Waals surface area contributed by atoms with Crippen LogP contribution in [0.3, 0.4) is 0 Å². The van der Waals surface area contributed by atoms with E-state index >= 15 is 0 Å². The Morgan fingerprint density at radius 3 is 2.25 bits per heavy atom. The molecule has 1 aromatic carbocycles. The van der Waals surface area contributed by atoms with Gasteiger partial charge >= 0.3 is 6.09 Å². The summed E-state index contributed by atoms with van der Waals surface area (Å²) in [6.45, 7) is 10.4. The van der Waals surface area contributed by atoms with E-state index in [2.05, 4.69) is 17.9 Å². The SMILES string of the molecule is C/C=C1\N(CC2CCCCC2)C(=O)OC12CCN(C1CCN(C(=O)c3c(C)cccc3C)CC1)CC2. The molecule has 6 nitrogen and oxygen atoms in total. The summed E-state index contributed by atoms with van der Waals surface area (Å²) in [4.78, 5) is 32.8. The average molecular weight is 494 g/mol. The van der Waals surface area contributed by atoms with E-state index in [0.717, 1.165) is 80.8 Å². The first kappa shape index (κ1) is 25.3. The van der Waals surface area contributed by atoms with Crippen LogP contribution in [0.15, 0.2) is 30.0 Å². The van der Waals surface area contributed by atoms with Crippen molar-refractivity contribution < 1.29 is 14.3 Å². The molecule has 4 fully saturated rings. The van der Waals surface area contributed by atoms with Crippen LogP contribution < -0.4 is 0 Å². The number of carbonyl (C=O) groups is 2. The highest BCUT2D eigenvalue weighted by molar-refractivity contribution is 5.97. The van der Waals surface area contributed by atoms with E-state index in [1.807, 2.05) is 41.8 Å². The van der Waals surface area contributed by atoms with Gasteiger partial charge in [0.2, 0.25) is 0 Å². The van der Waals surface area contributed by atoms with Crippen LogP contribution >= 0.6 is 0 Å². The van der Waals surface area contributed by atoms with Crippen molar-refractivity contribution in [1.82, 2.24) is 14.7 Å². The van der Waals surface area contributed by atoms with E-state index in [1.165, 1.54) is 32.1 Å². The van der Waals surface area contributed by atoms with Gasteiger partial charge in [0.15, 0.2) is 5.60 Å². The molecule has 3 heterocycles. The molecule has 0 radical (unpaired) electrons. The number of hydrogen-bond donors (Lipinski definition) is 0. The number of rotatable bonds is 4. The average Bonchev–Trinajstić information content (AvgIpc) is 3.14. The molecule has 1 aromatic rings. The van der Waals surface area contributed by atoms with Crippen LogP contribution in [0.4, 0.5) is 4.79 Å². The van der Waals surface area contributed by atoms with Gasteiger partial charge < -0.3 is 9.64 Å². The summed E-state index contributed by atoms with van der Waals surface area (Å²) >= 11 is 0. The number of allylic oxidation sites excluding steroid dienone is 1. The van der Waals surface area contributed by atoms with Crippen LogP contribution in [0, 0.1) is 19.8 Å². The van der Waals surface area contributed by atoms with Gasteiger partial charge in [0.25, 0.3) is 5.91 Å². The van der Waals surface area contributed by atoms with Crippen molar-refractivity contribution in [3.8, 4) is 0 Å². The summed E-state index contributed by atoms with van der Waals surface area (Å²) in [5.74, 6) is 0.781. The Balaban J connectivity index is 1.16. The molecule has 0 unspecified atom stereocenters.